The molecule has 0 bridgehead atoms. The summed E-state index contributed by atoms with van der Waals surface area (Å²) in [4.78, 5) is 10.9. The van der Waals surface area contributed by atoms with Crippen LogP contribution in [0.3, 0.4) is 0 Å². The van der Waals surface area contributed by atoms with Crippen molar-refractivity contribution in [3.8, 4) is 5.75 Å². The molecule has 2 heterocycles. The van der Waals surface area contributed by atoms with Crippen molar-refractivity contribution in [1.82, 2.24) is 20.5 Å². The number of aliphatic imine (C=N–C) groups is 1. The Balaban J connectivity index is 1.57. The van der Waals surface area contributed by atoms with Crippen molar-refractivity contribution in [1.29, 1.82) is 0 Å². The van der Waals surface area contributed by atoms with Crippen molar-refractivity contribution < 1.29 is 9.47 Å². The van der Waals surface area contributed by atoms with Gasteiger partial charge in [-0.25, -0.2) is 4.98 Å². The first-order valence-electron chi connectivity index (χ1n) is 10.2. The molecule has 8 heteroatoms. The lowest BCUT2D eigenvalue weighted by Crippen LogP contribution is -2.46. The van der Waals surface area contributed by atoms with Crippen LogP contribution in [-0.4, -0.2) is 69.4 Å². The largest absolute Gasteiger partial charge is 0.497 e. The second kappa shape index (κ2) is 11.7. The topological polar surface area (TPSA) is 71.0 Å². The van der Waals surface area contributed by atoms with E-state index in [1.165, 1.54) is 5.56 Å². The van der Waals surface area contributed by atoms with E-state index < -0.39 is 0 Å². The van der Waals surface area contributed by atoms with Gasteiger partial charge in [0.25, 0.3) is 0 Å². The maximum absolute atomic E-state index is 5.85. The van der Waals surface area contributed by atoms with Gasteiger partial charge in [0, 0.05) is 39.4 Å². The van der Waals surface area contributed by atoms with Gasteiger partial charge in [0.2, 0.25) is 0 Å². The average molecular weight is 432 g/mol. The average Bonchev–Trinajstić information content (AvgIpc) is 2.80. The number of guanidine groups is 1. The summed E-state index contributed by atoms with van der Waals surface area (Å²) in [6.07, 6.45) is 2.65. The molecule has 1 atom stereocenters. The minimum atomic E-state index is 0.221. The van der Waals surface area contributed by atoms with Gasteiger partial charge in [-0.1, -0.05) is 29.8 Å². The van der Waals surface area contributed by atoms with Crippen LogP contribution in [0.25, 0.3) is 0 Å². The van der Waals surface area contributed by atoms with E-state index in [0.29, 0.717) is 5.15 Å². The molecule has 2 N–H and O–H groups in total. The third-order valence-corrected chi connectivity index (χ3v) is 5.39. The minimum absolute atomic E-state index is 0.221. The van der Waals surface area contributed by atoms with Gasteiger partial charge in [-0.05, 0) is 35.7 Å². The van der Waals surface area contributed by atoms with Crippen LogP contribution in [0.4, 0.5) is 0 Å². The molecule has 0 saturated carbocycles. The Bertz CT molecular complexity index is 792. The quantitative estimate of drug-likeness (QED) is 0.380. The summed E-state index contributed by atoms with van der Waals surface area (Å²) in [5.74, 6) is 1.64. The van der Waals surface area contributed by atoms with Gasteiger partial charge < -0.3 is 20.1 Å². The smallest absolute Gasteiger partial charge is 0.191 e. The molecule has 1 aromatic heterocycles. The maximum Gasteiger partial charge on any atom is 0.191 e. The number of aromatic nitrogens is 1. The molecule has 1 aliphatic heterocycles. The molecule has 1 aliphatic rings. The van der Waals surface area contributed by atoms with Gasteiger partial charge >= 0.3 is 0 Å². The van der Waals surface area contributed by atoms with Crippen LogP contribution in [0.2, 0.25) is 5.15 Å². The van der Waals surface area contributed by atoms with Gasteiger partial charge in [0.1, 0.15) is 10.9 Å². The van der Waals surface area contributed by atoms with Crippen molar-refractivity contribution in [3.05, 3.63) is 58.9 Å². The molecule has 2 aromatic rings. The van der Waals surface area contributed by atoms with Crippen LogP contribution >= 0.6 is 11.6 Å². The monoisotopic (exact) mass is 431 g/mol. The van der Waals surface area contributed by atoms with Crippen LogP contribution in [0.5, 0.6) is 5.75 Å². The maximum atomic E-state index is 5.85. The number of ether oxygens (including phenoxy) is 2. The molecule has 3 rings (SSSR count). The highest BCUT2D eigenvalue weighted by atomic mass is 35.5. The van der Waals surface area contributed by atoms with Gasteiger partial charge in [-0.2, -0.15) is 0 Å². The number of rotatable bonds is 8. The van der Waals surface area contributed by atoms with Crippen molar-refractivity contribution in [2.75, 3.05) is 53.6 Å². The minimum Gasteiger partial charge on any atom is -0.497 e. The Kier molecular flexibility index (Phi) is 8.74. The van der Waals surface area contributed by atoms with Crippen LogP contribution in [-0.2, 0) is 11.2 Å². The SMILES string of the molecule is CN=C(NCCc1ccc(Cl)nc1)NCC(c1ccc(OC)cc1)N1CCOCC1. The molecule has 1 saturated heterocycles. The lowest BCUT2D eigenvalue weighted by molar-refractivity contribution is 0.0170. The normalized spacial score (nSPS) is 16.2. The van der Waals surface area contributed by atoms with Crippen LogP contribution in [0.15, 0.2) is 47.6 Å². The molecule has 0 amide bonds. The van der Waals surface area contributed by atoms with Crippen LogP contribution < -0.4 is 15.4 Å². The summed E-state index contributed by atoms with van der Waals surface area (Å²) in [5.41, 5.74) is 2.37. The van der Waals surface area contributed by atoms with Crippen molar-refractivity contribution in [3.63, 3.8) is 0 Å². The van der Waals surface area contributed by atoms with Gasteiger partial charge in [0.05, 0.1) is 26.4 Å². The van der Waals surface area contributed by atoms with E-state index >= 15 is 0 Å². The Morgan fingerprint density at radius 3 is 2.60 bits per heavy atom. The highest BCUT2D eigenvalue weighted by Crippen LogP contribution is 2.23. The van der Waals surface area contributed by atoms with E-state index in [1.54, 1.807) is 20.4 Å². The predicted octanol–water partition coefficient (Wildman–Crippen LogP) is 2.52. The van der Waals surface area contributed by atoms with E-state index in [4.69, 9.17) is 21.1 Å². The number of benzene rings is 1. The Labute approximate surface area is 183 Å². The fourth-order valence-electron chi connectivity index (χ4n) is 3.47. The fraction of sp³-hybridized carbons (Fsp3) is 0.455. The number of hydrogen-bond donors (Lipinski definition) is 2. The number of methoxy groups -OCH3 is 1. The summed E-state index contributed by atoms with van der Waals surface area (Å²) in [5, 5.41) is 7.36. The molecule has 0 radical (unpaired) electrons. The third kappa shape index (κ3) is 6.58. The predicted molar refractivity (Wildman–Crippen MR) is 120 cm³/mol. The van der Waals surface area contributed by atoms with E-state index in [0.717, 1.165) is 63.1 Å². The van der Waals surface area contributed by atoms with E-state index in [1.807, 2.05) is 24.3 Å². The second-order valence-electron chi connectivity index (χ2n) is 7.06. The molecule has 1 aromatic carbocycles. The molecule has 30 heavy (non-hydrogen) atoms. The number of halogens is 1. The lowest BCUT2D eigenvalue weighted by atomic mass is 10.0. The first-order valence-corrected chi connectivity index (χ1v) is 10.6. The van der Waals surface area contributed by atoms with Gasteiger partial charge in [-0.3, -0.25) is 9.89 Å². The zero-order valence-corrected chi connectivity index (χ0v) is 18.4. The molecule has 162 valence electrons. The molecule has 1 unspecified atom stereocenters. The standard InChI is InChI=1S/C22H30ClN5O2/c1-24-22(25-10-9-17-3-8-21(23)26-15-17)27-16-20(28-11-13-30-14-12-28)18-4-6-19(29-2)7-5-18/h3-8,15,20H,9-14,16H2,1-2H3,(H2,24,25,27). The number of nitrogens with zero attached hydrogens (tertiary/aromatic N) is 3. The van der Waals surface area contributed by atoms with E-state index in [9.17, 15) is 0 Å². The highest BCUT2D eigenvalue weighted by Gasteiger charge is 2.23. The van der Waals surface area contributed by atoms with Gasteiger partial charge in [0.15, 0.2) is 5.96 Å². The lowest BCUT2D eigenvalue weighted by Gasteiger charge is -2.35. The van der Waals surface area contributed by atoms with Crippen molar-refractivity contribution in [2.24, 2.45) is 4.99 Å². The van der Waals surface area contributed by atoms with E-state index in [-0.39, 0.29) is 6.04 Å². The van der Waals surface area contributed by atoms with E-state index in [2.05, 4.69) is 37.6 Å². The summed E-state index contributed by atoms with van der Waals surface area (Å²) < 4.78 is 10.8. The third-order valence-electron chi connectivity index (χ3n) is 5.17. The molecular formula is C22H30ClN5O2. The zero-order chi connectivity index (χ0) is 21.2. The second-order valence-corrected chi connectivity index (χ2v) is 7.44. The molecular weight excluding hydrogens is 402 g/mol. The van der Waals surface area contributed by atoms with Crippen molar-refractivity contribution >= 4 is 17.6 Å². The van der Waals surface area contributed by atoms with Crippen LogP contribution in [0.1, 0.15) is 17.2 Å². The number of pyridine rings is 1. The summed E-state index contributed by atoms with van der Waals surface area (Å²) >= 11 is 5.85. The summed E-state index contributed by atoms with van der Waals surface area (Å²) in [6, 6.07) is 12.3. The van der Waals surface area contributed by atoms with Crippen molar-refractivity contribution in [2.45, 2.75) is 12.5 Å². The molecule has 1 fully saturated rings. The van der Waals surface area contributed by atoms with Crippen LogP contribution in [0, 0.1) is 0 Å². The Hall–Kier alpha value is -2.35. The molecule has 0 spiro atoms. The zero-order valence-electron chi connectivity index (χ0n) is 17.6. The van der Waals surface area contributed by atoms with Gasteiger partial charge in [-0.15, -0.1) is 0 Å². The number of nitrogens with one attached hydrogen (secondary N) is 2. The molecule has 7 nitrogen and oxygen atoms in total. The summed E-state index contributed by atoms with van der Waals surface area (Å²) in [7, 11) is 3.47. The molecule has 0 aliphatic carbocycles. The summed E-state index contributed by atoms with van der Waals surface area (Å²) in [6.45, 7) is 4.84. The Morgan fingerprint density at radius 2 is 1.97 bits per heavy atom. The Morgan fingerprint density at radius 1 is 1.20 bits per heavy atom. The highest BCUT2D eigenvalue weighted by molar-refractivity contribution is 6.29. The number of hydrogen-bond acceptors (Lipinski definition) is 5. The number of morpholine rings is 1. The first-order chi connectivity index (χ1) is 14.7. The fourth-order valence-corrected chi connectivity index (χ4v) is 3.58. The first kappa shape index (κ1) is 22.3.